The third-order valence-corrected chi connectivity index (χ3v) is 2.99. The van der Waals surface area contributed by atoms with Gasteiger partial charge in [0.25, 0.3) is 0 Å². The lowest BCUT2D eigenvalue weighted by Crippen LogP contribution is -2.49. The Morgan fingerprint density at radius 3 is 2.55 bits per heavy atom. The van der Waals surface area contributed by atoms with Crippen molar-refractivity contribution in [2.24, 2.45) is 0 Å². The lowest BCUT2D eigenvalue weighted by atomic mass is 10.2. The van der Waals surface area contributed by atoms with Crippen molar-refractivity contribution in [2.45, 2.75) is 38.5 Å². The van der Waals surface area contributed by atoms with E-state index in [9.17, 15) is 14.4 Å². The van der Waals surface area contributed by atoms with Gasteiger partial charge in [0.1, 0.15) is 6.04 Å². The second-order valence-electron chi connectivity index (χ2n) is 4.98. The van der Waals surface area contributed by atoms with Gasteiger partial charge >= 0.3 is 12.0 Å². The summed E-state index contributed by atoms with van der Waals surface area (Å²) in [7, 11) is 1.47. The molecule has 0 aromatic heterocycles. The molecule has 1 aliphatic rings. The summed E-state index contributed by atoms with van der Waals surface area (Å²) in [5.74, 6) is -1.39. The van der Waals surface area contributed by atoms with E-state index in [1.165, 1.54) is 12.0 Å². The van der Waals surface area contributed by atoms with E-state index in [-0.39, 0.29) is 37.6 Å². The highest BCUT2D eigenvalue weighted by molar-refractivity contribution is 5.87. The molecule has 114 valence electrons. The van der Waals surface area contributed by atoms with Gasteiger partial charge in [-0.3, -0.25) is 4.79 Å². The van der Waals surface area contributed by atoms with Crippen molar-refractivity contribution in [1.82, 2.24) is 15.5 Å². The number of amides is 3. The number of carbonyl (C=O) groups is 3. The van der Waals surface area contributed by atoms with Gasteiger partial charge in [-0.1, -0.05) is 0 Å². The first-order chi connectivity index (χ1) is 9.35. The van der Waals surface area contributed by atoms with Crippen LogP contribution in [-0.4, -0.2) is 66.3 Å². The minimum Gasteiger partial charge on any atom is -0.480 e. The summed E-state index contributed by atoms with van der Waals surface area (Å²) in [4.78, 5) is 35.6. The van der Waals surface area contributed by atoms with Crippen molar-refractivity contribution >= 4 is 17.9 Å². The maximum atomic E-state index is 11.9. The molecular weight excluding hydrogens is 266 g/mol. The summed E-state index contributed by atoms with van der Waals surface area (Å²) >= 11 is 0. The van der Waals surface area contributed by atoms with Gasteiger partial charge < -0.3 is 25.4 Å². The Hall–Kier alpha value is -1.83. The summed E-state index contributed by atoms with van der Waals surface area (Å²) in [6.45, 7) is 3.64. The van der Waals surface area contributed by atoms with Crippen LogP contribution in [0, 0.1) is 0 Å². The van der Waals surface area contributed by atoms with Crippen LogP contribution in [-0.2, 0) is 14.3 Å². The number of nitrogens with one attached hydrogen (secondary N) is 2. The monoisotopic (exact) mass is 287 g/mol. The van der Waals surface area contributed by atoms with Gasteiger partial charge in [-0.15, -0.1) is 0 Å². The van der Waals surface area contributed by atoms with E-state index in [0.717, 1.165) is 0 Å². The molecule has 1 heterocycles. The number of rotatable bonds is 5. The molecular formula is C12H21N3O5. The number of hydrogen-bond donors (Lipinski definition) is 3. The van der Waals surface area contributed by atoms with E-state index in [2.05, 4.69) is 10.6 Å². The van der Waals surface area contributed by atoms with Gasteiger partial charge in [-0.2, -0.15) is 0 Å². The van der Waals surface area contributed by atoms with Crippen molar-refractivity contribution in [3.63, 3.8) is 0 Å². The average Bonchev–Trinajstić information content (AvgIpc) is 2.79. The molecule has 3 N–H and O–H groups in total. The number of methoxy groups -OCH3 is 1. The first-order valence-electron chi connectivity index (χ1n) is 6.44. The Balaban J connectivity index is 2.53. The van der Waals surface area contributed by atoms with Crippen LogP contribution in [0.5, 0.6) is 0 Å². The second-order valence-corrected chi connectivity index (χ2v) is 4.98. The Kier molecular flexibility index (Phi) is 5.75. The molecule has 0 aromatic carbocycles. The Bertz CT molecular complexity index is 385. The van der Waals surface area contributed by atoms with E-state index >= 15 is 0 Å². The van der Waals surface area contributed by atoms with E-state index < -0.39 is 18.0 Å². The van der Waals surface area contributed by atoms with Gasteiger partial charge in [-0.25, -0.2) is 9.59 Å². The fourth-order valence-electron chi connectivity index (χ4n) is 2.06. The SMILES string of the molecule is COC1CC(C(=O)O)N(C(=O)NCC(=O)NC(C)C)C1. The first kappa shape index (κ1) is 16.2. The second kappa shape index (κ2) is 7.09. The Morgan fingerprint density at radius 1 is 1.40 bits per heavy atom. The van der Waals surface area contributed by atoms with Crippen molar-refractivity contribution in [3.05, 3.63) is 0 Å². The number of ether oxygens (including phenoxy) is 1. The molecule has 20 heavy (non-hydrogen) atoms. The highest BCUT2D eigenvalue weighted by Gasteiger charge is 2.39. The maximum absolute atomic E-state index is 11.9. The van der Waals surface area contributed by atoms with Crippen molar-refractivity contribution < 1.29 is 24.2 Å². The summed E-state index contributed by atoms with van der Waals surface area (Å²) < 4.78 is 5.09. The van der Waals surface area contributed by atoms with Gasteiger partial charge in [-0.05, 0) is 13.8 Å². The molecule has 2 unspecified atom stereocenters. The lowest BCUT2D eigenvalue weighted by Gasteiger charge is -2.21. The number of carboxylic acids is 1. The molecule has 0 spiro atoms. The molecule has 8 nitrogen and oxygen atoms in total. The number of likely N-dealkylation sites (tertiary alicyclic amines) is 1. The van der Waals surface area contributed by atoms with E-state index in [0.29, 0.717) is 0 Å². The number of urea groups is 1. The summed E-state index contributed by atoms with van der Waals surface area (Å²) in [6, 6.07) is -1.51. The minimum absolute atomic E-state index is 0.0178. The molecule has 0 aliphatic carbocycles. The van der Waals surface area contributed by atoms with Crippen LogP contribution >= 0.6 is 0 Å². The highest BCUT2D eigenvalue weighted by Crippen LogP contribution is 2.20. The number of carboxylic acid groups (broad SMARTS) is 1. The summed E-state index contributed by atoms with van der Waals surface area (Å²) in [6.07, 6.45) is -0.0522. The Labute approximate surface area is 117 Å². The van der Waals surface area contributed by atoms with Crippen LogP contribution in [0.1, 0.15) is 20.3 Å². The third kappa shape index (κ3) is 4.37. The fraction of sp³-hybridized carbons (Fsp3) is 0.750. The predicted molar refractivity (Wildman–Crippen MR) is 70.2 cm³/mol. The van der Waals surface area contributed by atoms with E-state index in [4.69, 9.17) is 9.84 Å². The average molecular weight is 287 g/mol. The van der Waals surface area contributed by atoms with Gasteiger partial charge in [0.05, 0.1) is 12.6 Å². The van der Waals surface area contributed by atoms with Crippen LogP contribution in [0.2, 0.25) is 0 Å². The molecule has 0 saturated carbocycles. The fourth-order valence-corrected chi connectivity index (χ4v) is 2.06. The molecule has 1 fully saturated rings. The molecule has 0 aromatic rings. The smallest absolute Gasteiger partial charge is 0.326 e. The van der Waals surface area contributed by atoms with Crippen molar-refractivity contribution in [1.29, 1.82) is 0 Å². The molecule has 3 amide bonds. The molecule has 0 radical (unpaired) electrons. The molecule has 1 saturated heterocycles. The molecule has 8 heteroatoms. The van der Waals surface area contributed by atoms with Gasteiger partial charge in [0.15, 0.2) is 0 Å². The topological polar surface area (TPSA) is 108 Å². The first-order valence-corrected chi connectivity index (χ1v) is 6.44. The van der Waals surface area contributed by atoms with Crippen LogP contribution in [0.3, 0.4) is 0 Å². The Morgan fingerprint density at radius 2 is 2.05 bits per heavy atom. The van der Waals surface area contributed by atoms with Gasteiger partial charge in [0.2, 0.25) is 5.91 Å². The van der Waals surface area contributed by atoms with E-state index in [1.807, 2.05) is 13.8 Å². The largest absolute Gasteiger partial charge is 0.480 e. The van der Waals surface area contributed by atoms with Gasteiger partial charge in [0, 0.05) is 26.1 Å². The predicted octanol–water partition coefficient (Wildman–Crippen LogP) is -0.605. The molecule has 1 rings (SSSR count). The van der Waals surface area contributed by atoms with Crippen molar-refractivity contribution in [2.75, 3.05) is 20.2 Å². The number of carbonyl (C=O) groups excluding carboxylic acids is 2. The summed E-state index contributed by atoms with van der Waals surface area (Å²) in [5, 5.41) is 14.1. The number of nitrogens with zero attached hydrogens (tertiary/aromatic N) is 1. The van der Waals surface area contributed by atoms with Crippen LogP contribution in [0.25, 0.3) is 0 Å². The zero-order chi connectivity index (χ0) is 15.3. The van der Waals surface area contributed by atoms with E-state index in [1.54, 1.807) is 0 Å². The van der Waals surface area contributed by atoms with Crippen LogP contribution in [0.4, 0.5) is 4.79 Å². The standard InChI is InChI=1S/C12H21N3O5/c1-7(2)14-10(16)5-13-12(19)15-6-8(20-3)4-9(15)11(17)18/h7-9H,4-6H2,1-3H3,(H,13,19)(H,14,16)(H,17,18). The highest BCUT2D eigenvalue weighted by atomic mass is 16.5. The van der Waals surface area contributed by atoms with Crippen molar-refractivity contribution in [3.8, 4) is 0 Å². The minimum atomic E-state index is -1.08. The number of hydrogen-bond acceptors (Lipinski definition) is 4. The zero-order valence-electron chi connectivity index (χ0n) is 11.9. The van der Waals surface area contributed by atoms with Crippen LogP contribution in [0.15, 0.2) is 0 Å². The number of aliphatic carboxylic acids is 1. The lowest BCUT2D eigenvalue weighted by molar-refractivity contribution is -0.141. The van der Waals surface area contributed by atoms with Crippen LogP contribution < -0.4 is 10.6 Å². The molecule has 0 bridgehead atoms. The normalized spacial score (nSPS) is 21.9. The maximum Gasteiger partial charge on any atom is 0.326 e. The summed E-state index contributed by atoms with van der Waals surface area (Å²) in [5.41, 5.74) is 0. The quantitative estimate of drug-likeness (QED) is 0.625. The zero-order valence-corrected chi connectivity index (χ0v) is 11.9. The third-order valence-electron chi connectivity index (χ3n) is 2.99. The molecule has 2 atom stereocenters. The molecule has 1 aliphatic heterocycles.